The minimum atomic E-state index is -0.427. The summed E-state index contributed by atoms with van der Waals surface area (Å²) >= 11 is 0. The van der Waals surface area contributed by atoms with Gasteiger partial charge in [-0.15, -0.1) is 0 Å². The van der Waals surface area contributed by atoms with Gasteiger partial charge in [0.25, 0.3) is 11.8 Å². The highest BCUT2D eigenvalue weighted by Gasteiger charge is 2.35. The largest absolute Gasteiger partial charge is 0.369 e. The van der Waals surface area contributed by atoms with Crippen LogP contribution in [0.15, 0.2) is 0 Å². The van der Waals surface area contributed by atoms with Crippen LogP contribution in [-0.4, -0.2) is 72.7 Å². The maximum Gasteiger partial charge on any atom is 0.251 e. The van der Waals surface area contributed by atoms with Crippen molar-refractivity contribution < 1.29 is 19.1 Å². The fourth-order valence-electron chi connectivity index (χ4n) is 3.06. The molecule has 0 unspecified atom stereocenters. The van der Waals surface area contributed by atoms with Crippen LogP contribution in [0.1, 0.15) is 47.5 Å². The molecule has 1 aliphatic heterocycles. The molecule has 0 radical (unpaired) electrons. The molecule has 0 bridgehead atoms. The number of carbonyl (C=O) groups excluding carboxylic acids is 2. The molecule has 0 spiro atoms. The van der Waals surface area contributed by atoms with Gasteiger partial charge in [0.2, 0.25) is 0 Å². The van der Waals surface area contributed by atoms with E-state index in [-0.39, 0.29) is 17.9 Å². The molecule has 0 N–H and O–H groups in total. The summed E-state index contributed by atoms with van der Waals surface area (Å²) in [7, 11) is 0. The Kier molecular flexibility index (Phi) is 8.55. The Morgan fingerprint density at radius 1 is 1.00 bits per heavy atom. The van der Waals surface area contributed by atoms with Crippen molar-refractivity contribution in [3.63, 3.8) is 0 Å². The predicted octanol–water partition coefficient (Wildman–Crippen LogP) is 1.68. The maximum absolute atomic E-state index is 12.6. The minimum absolute atomic E-state index is 0.0120. The van der Waals surface area contributed by atoms with Crippen LogP contribution in [0.25, 0.3) is 0 Å². The van der Waals surface area contributed by atoms with Gasteiger partial charge in [0.1, 0.15) is 12.2 Å². The smallest absolute Gasteiger partial charge is 0.251 e. The third-order valence-corrected chi connectivity index (χ3v) is 4.23. The second kappa shape index (κ2) is 9.88. The summed E-state index contributed by atoms with van der Waals surface area (Å²) in [5.74, 6) is 0.0353. The number of carbonyl (C=O) groups is 2. The summed E-state index contributed by atoms with van der Waals surface area (Å²) in [5.41, 5.74) is 0. The van der Waals surface area contributed by atoms with Crippen molar-refractivity contribution in [3.8, 4) is 0 Å². The lowest BCUT2D eigenvalue weighted by Crippen LogP contribution is -2.59. The van der Waals surface area contributed by atoms with E-state index >= 15 is 0 Å². The normalized spacial score (nSPS) is 21.2. The Balaban J connectivity index is 2.73. The van der Waals surface area contributed by atoms with E-state index < -0.39 is 12.2 Å². The van der Waals surface area contributed by atoms with E-state index in [1.54, 1.807) is 13.8 Å². The SMILES string of the molecule is CCC[C@@H]1CN(C(=O)[C@@H](C)OCC)CCN1C(=O)[C@H](C)OCC. The van der Waals surface area contributed by atoms with E-state index in [0.29, 0.717) is 32.8 Å². The molecule has 0 aliphatic carbocycles. The summed E-state index contributed by atoms with van der Waals surface area (Å²) in [6.45, 7) is 12.2. The van der Waals surface area contributed by atoms with Gasteiger partial charge in [-0.3, -0.25) is 9.59 Å². The average molecular weight is 328 g/mol. The van der Waals surface area contributed by atoms with Crippen molar-refractivity contribution in [2.45, 2.75) is 65.7 Å². The van der Waals surface area contributed by atoms with Crippen LogP contribution in [0.4, 0.5) is 0 Å². The topological polar surface area (TPSA) is 59.1 Å². The molecule has 1 rings (SSSR count). The fourth-order valence-corrected chi connectivity index (χ4v) is 3.06. The number of piperazine rings is 1. The van der Waals surface area contributed by atoms with Crippen molar-refractivity contribution in [1.82, 2.24) is 9.80 Å². The number of hydrogen-bond acceptors (Lipinski definition) is 4. The van der Waals surface area contributed by atoms with Gasteiger partial charge in [0, 0.05) is 38.9 Å². The van der Waals surface area contributed by atoms with Gasteiger partial charge in [-0.1, -0.05) is 13.3 Å². The van der Waals surface area contributed by atoms with Crippen molar-refractivity contribution in [2.75, 3.05) is 32.8 Å². The summed E-state index contributed by atoms with van der Waals surface area (Å²) in [6, 6.07) is 0.0573. The second-order valence-corrected chi connectivity index (χ2v) is 5.95. The molecule has 3 atom stereocenters. The van der Waals surface area contributed by atoms with Crippen molar-refractivity contribution >= 4 is 11.8 Å². The second-order valence-electron chi connectivity index (χ2n) is 5.95. The van der Waals surface area contributed by atoms with Gasteiger partial charge in [-0.05, 0) is 34.1 Å². The van der Waals surface area contributed by atoms with Crippen LogP contribution < -0.4 is 0 Å². The minimum Gasteiger partial charge on any atom is -0.369 e. The first-order valence-electron chi connectivity index (χ1n) is 8.78. The molecular formula is C17H32N2O4. The Morgan fingerprint density at radius 3 is 2.09 bits per heavy atom. The molecule has 1 aliphatic rings. The predicted molar refractivity (Wildman–Crippen MR) is 89.2 cm³/mol. The molecule has 6 nitrogen and oxygen atoms in total. The van der Waals surface area contributed by atoms with Gasteiger partial charge in [-0.2, -0.15) is 0 Å². The molecule has 0 aromatic rings. The van der Waals surface area contributed by atoms with E-state index in [9.17, 15) is 9.59 Å². The molecule has 1 heterocycles. The first-order valence-corrected chi connectivity index (χ1v) is 8.78. The summed E-state index contributed by atoms with van der Waals surface area (Å²) in [6.07, 6.45) is 1.01. The van der Waals surface area contributed by atoms with Crippen molar-refractivity contribution in [2.24, 2.45) is 0 Å². The van der Waals surface area contributed by atoms with Gasteiger partial charge in [0.05, 0.1) is 0 Å². The average Bonchev–Trinajstić information content (AvgIpc) is 2.54. The van der Waals surface area contributed by atoms with Crippen LogP contribution in [-0.2, 0) is 19.1 Å². The number of rotatable bonds is 8. The Bertz CT molecular complexity index is 389. The lowest BCUT2D eigenvalue weighted by molar-refractivity contribution is -0.154. The lowest BCUT2D eigenvalue weighted by atomic mass is 10.0. The van der Waals surface area contributed by atoms with Crippen molar-refractivity contribution in [3.05, 3.63) is 0 Å². The zero-order valence-electron chi connectivity index (χ0n) is 15.2. The van der Waals surface area contributed by atoms with Gasteiger partial charge in [0.15, 0.2) is 0 Å². The van der Waals surface area contributed by atoms with Crippen molar-refractivity contribution in [1.29, 1.82) is 0 Å². The Hall–Kier alpha value is -1.14. The molecule has 2 amide bonds. The summed E-state index contributed by atoms with van der Waals surface area (Å²) in [5, 5.41) is 0. The monoisotopic (exact) mass is 328 g/mol. The molecule has 0 aromatic carbocycles. The van der Waals surface area contributed by atoms with Crippen LogP contribution in [0.2, 0.25) is 0 Å². The molecule has 23 heavy (non-hydrogen) atoms. The molecule has 134 valence electrons. The van der Waals surface area contributed by atoms with Crippen LogP contribution in [0.5, 0.6) is 0 Å². The number of amides is 2. The Labute approximate surface area is 140 Å². The van der Waals surface area contributed by atoms with Gasteiger partial charge in [-0.25, -0.2) is 0 Å². The van der Waals surface area contributed by atoms with E-state index in [1.165, 1.54) is 0 Å². The molecule has 1 fully saturated rings. The van der Waals surface area contributed by atoms with Gasteiger partial charge >= 0.3 is 0 Å². The van der Waals surface area contributed by atoms with Crippen LogP contribution in [0.3, 0.4) is 0 Å². The third kappa shape index (κ3) is 5.46. The highest BCUT2D eigenvalue weighted by atomic mass is 16.5. The number of hydrogen-bond donors (Lipinski definition) is 0. The molecule has 1 saturated heterocycles. The number of ether oxygens (including phenoxy) is 2. The first kappa shape index (κ1) is 19.9. The van der Waals surface area contributed by atoms with E-state index in [2.05, 4.69) is 6.92 Å². The standard InChI is InChI=1S/C17H32N2O4/c1-6-9-15-12-18(16(20)13(4)22-7-2)10-11-19(15)17(21)14(5)23-8-3/h13-15H,6-12H2,1-5H3/t13-,14+,15-/m1/s1. The fraction of sp³-hybridized carbons (Fsp3) is 0.882. The van der Waals surface area contributed by atoms with Gasteiger partial charge < -0.3 is 19.3 Å². The van der Waals surface area contributed by atoms with E-state index in [4.69, 9.17) is 9.47 Å². The highest BCUT2D eigenvalue weighted by Crippen LogP contribution is 2.18. The molecular weight excluding hydrogens is 296 g/mol. The number of nitrogens with zero attached hydrogens (tertiary/aromatic N) is 2. The third-order valence-electron chi connectivity index (χ3n) is 4.23. The molecule has 0 saturated carbocycles. The van der Waals surface area contributed by atoms with E-state index in [0.717, 1.165) is 12.8 Å². The van der Waals surface area contributed by atoms with E-state index in [1.807, 2.05) is 23.6 Å². The molecule has 6 heteroatoms. The lowest BCUT2D eigenvalue weighted by Gasteiger charge is -2.43. The zero-order chi connectivity index (χ0) is 17.4. The van der Waals surface area contributed by atoms with Crippen LogP contribution in [0, 0.1) is 0 Å². The zero-order valence-corrected chi connectivity index (χ0v) is 15.2. The highest BCUT2D eigenvalue weighted by molar-refractivity contribution is 5.83. The molecule has 0 aromatic heterocycles. The summed E-state index contributed by atoms with van der Waals surface area (Å²) < 4.78 is 10.8. The first-order chi connectivity index (χ1) is 11.0. The quantitative estimate of drug-likeness (QED) is 0.680. The maximum atomic E-state index is 12.6. The van der Waals surface area contributed by atoms with Crippen LogP contribution >= 0.6 is 0 Å². The Morgan fingerprint density at radius 2 is 1.57 bits per heavy atom. The summed E-state index contributed by atoms with van der Waals surface area (Å²) in [4.78, 5) is 28.7.